The molecule has 312 valence electrons. The van der Waals surface area contributed by atoms with Crippen molar-refractivity contribution in [1.29, 1.82) is 0 Å². The first-order valence-electron chi connectivity index (χ1n) is 17.9. The molecule has 18 heteroatoms. The van der Waals surface area contributed by atoms with E-state index in [-0.39, 0.29) is 40.8 Å². The van der Waals surface area contributed by atoms with Gasteiger partial charge in [0, 0.05) is 29.3 Å². The lowest BCUT2D eigenvalue weighted by Crippen LogP contribution is -2.20. The minimum Gasteiger partial charge on any atom is -0.465 e. The summed E-state index contributed by atoms with van der Waals surface area (Å²) in [5.74, 6) is 9.17. The number of ether oxygens (including phenoxy) is 2. The molecule has 0 N–H and O–H groups in total. The van der Waals surface area contributed by atoms with E-state index in [0.717, 1.165) is 24.3 Å². The van der Waals surface area contributed by atoms with Crippen molar-refractivity contribution in [3.05, 3.63) is 142 Å². The van der Waals surface area contributed by atoms with Crippen LogP contribution in [0.25, 0.3) is 11.3 Å². The lowest BCUT2D eigenvalue weighted by atomic mass is 10.1. The highest BCUT2D eigenvalue weighted by atomic mass is 32.2. The summed E-state index contributed by atoms with van der Waals surface area (Å²) in [7, 11) is -3.90. The van der Waals surface area contributed by atoms with Crippen LogP contribution >= 0.6 is 11.8 Å². The van der Waals surface area contributed by atoms with Crippen molar-refractivity contribution in [3.8, 4) is 23.7 Å². The fourth-order valence-corrected chi connectivity index (χ4v) is 7.35. The Labute approximate surface area is 344 Å². The van der Waals surface area contributed by atoms with Crippen LogP contribution in [-0.2, 0) is 52.8 Å². The molecular formula is C42H34F6N4O6S2. The number of thioether (sulfide) groups is 1. The molecule has 0 spiro atoms. The number of benzene rings is 2. The molecule has 0 unspecified atom stereocenters. The molecule has 0 saturated carbocycles. The smallest absolute Gasteiger partial charge is 0.416 e. The largest absolute Gasteiger partial charge is 0.465 e. The molecule has 0 saturated heterocycles. The molecule has 0 atom stereocenters. The van der Waals surface area contributed by atoms with E-state index in [1.165, 1.54) is 40.4 Å². The topological polar surface area (TPSA) is 121 Å². The Bertz CT molecular complexity index is 2740. The maximum Gasteiger partial charge on any atom is 0.416 e. The predicted octanol–water partition coefficient (Wildman–Crippen LogP) is 7.78. The van der Waals surface area contributed by atoms with Gasteiger partial charge >= 0.3 is 24.3 Å². The molecule has 0 amide bonds. The summed E-state index contributed by atoms with van der Waals surface area (Å²) in [5, 5.41) is 0. The minimum atomic E-state index is -4.51. The number of esters is 2. The number of aromatic nitrogens is 4. The van der Waals surface area contributed by atoms with Gasteiger partial charge in [0.15, 0.2) is 9.84 Å². The van der Waals surface area contributed by atoms with Crippen LogP contribution in [0.2, 0.25) is 0 Å². The summed E-state index contributed by atoms with van der Waals surface area (Å²) in [6.45, 7) is 3.68. The minimum absolute atomic E-state index is 0.0520. The van der Waals surface area contributed by atoms with E-state index in [4.69, 9.17) is 4.74 Å². The molecule has 6 aromatic rings. The van der Waals surface area contributed by atoms with Gasteiger partial charge in [0.25, 0.3) is 0 Å². The fraction of sp³-hybridized carbons (Fsp3) is 0.238. The van der Waals surface area contributed by atoms with E-state index >= 15 is 0 Å². The first-order chi connectivity index (χ1) is 28.5. The zero-order valence-corrected chi connectivity index (χ0v) is 33.4. The Kier molecular flexibility index (Phi) is 14.7. The lowest BCUT2D eigenvalue weighted by molar-refractivity contribution is -0.140. The van der Waals surface area contributed by atoms with Crippen molar-refractivity contribution in [2.75, 3.05) is 24.7 Å². The lowest BCUT2D eigenvalue weighted by Gasteiger charge is -2.06. The van der Waals surface area contributed by atoms with Crippen molar-refractivity contribution >= 4 is 44.8 Å². The van der Waals surface area contributed by atoms with Crippen LogP contribution < -0.4 is 0 Å². The van der Waals surface area contributed by atoms with Gasteiger partial charge in [0.2, 0.25) is 0 Å². The van der Waals surface area contributed by atoms with Gasteiger partial charge in [-0.05, 0) is 86.4 Å². The van der Waals surface area contributed by atoms with Gasteiger partial charge in [0.05, 0.1) is 47.2 Å². The van der Waals surface area contributed by atoms with E-state index in [2.05, 4.69) is 38.4 Å². The van der Waals surface area contributed by atoms with Crippen molar-refractivity contribution in [2.45, 2.75) is 37.7 Å². The van der Waals surface area contributed by atoms with Crippen LogP contribution in [0.1, 0.15) is 58.9 Å². The average Bonchev–Trinajstić information content (AvgIpc) is 3.72. The number of hydrogen-bond acceptors (Lipinski definition) is 9. The average molecular weight is 869 g/mol. The summed E-state index contributed by atoms with van der Waals surface area (Å²) in [5.41, 5.74) is 1.42. The van der Waals surface area contributed by atoms with Gasteiger partial charge < -0.3 is 9.47 Å². The van der Waals surface area contributed by atoms with Gasteiger partial charge in [-0.3, -0.25) is 18.4 Å². The van der Waals surface area contributed by atoms with Gasteiger partial charge in [-0.25, -0.2) is 18.4 Å². The monoisotopic (exact) mass is 868 g/mol. The van der Waals surface area contributed by atoms with Crippen LogP contribution in [0, 0.1) is 23.7 Å². The number of rotatable bonds is 10. The highest BCUT2D eigenvalue weighted by Crippen LogP contribution is 2.30. The van der Waals surface area contributed by atoms with Gasteiger partial charge in [-0.15, -0.1) is 11.8 Å². The summed E-state index contributed by atoms with van der Waals surface area (Å²) in [6.07, 6.45) is -5.53. The standard InChI is InChI=1S/C21H17F3N2O4S.C21H17F3N2O2S/c1-2-30-20(27)14-31(28,29)13-17-18(26-11-4-3-8-19(26)25-17)10-9-15-6-5-7-16(12-15)21(22,23)24;1-2-28-20(27)14-29-13-17-18(26-11-4-3-8-19(26)25-17)10-9-15-6-5-7-16(12-15)21(22,23)24/h3-8,11-12H,2,13-14H2,1H3;3-8,11-12H,2,13-14H2,1H3. The van der Waals surface area contributed by atoms with E-state index < -0.39 is 50.8 Å². The van der Waals surface area contributed by atoms with Crippen LogP contribution in [0.4, 0.5) is 26.3 Å². The zero-order chi connectivity index (χ0) is 43.5. The number of hydrogen-bond donors (Lipinski definition) is 0. The number of halogens is 6. The first kappa shape index (κ1) is 44.9. The Balaban J connectivity index is 0.000000228. The molecule has 4 heterocycles. The number of pyridine rings is 2. The second kappa shape index (κ2) is 19.7. The van der Waals surface area contributed by atoms with Crippen molar-refractivity contribution in [3.63, 3.8) is 0 Å². The number of nitrogens with zero attached hydrogens (tertiary/aromatic N) is 4. The summed E-state index contributed by atoms with van der Waals surface area (Å²) in [6, 6.07) is 19.9. The van der Waals surface area contributed by atoms with E-state index in [0.29, 0.717) is 35.0 Å². The number of imidazole rings is 2. The summed E-state index contributed by atoms with van der Waals surface area (Å²) >= 11 is 1.34. The predicted molar refractivity (Wildman–Crippen MR) is 212 cm³/mol. The molecule has 6 rings (SSSR count). The highest BCUT2D eigenvalue weighted by molar-refractivity contribution is 7.99. The van der Waals surface area contributed by atoms with E-state index in [1.54, 1.807) is 48.8 Å². The maximum absolute atomic E-state index is 12.9. The number of sulfone groups is 1. The molecular weight excluding hydrogens is 835 g/mol. The number of fused-ring (bicyclic) bond motifs is 2. The second-order valence-corrected chi connectivity index (χ2v) is 15.5. The highest BCUT2D eigenvalue weighted by Gasteiger charge is 2.31. The molecule has 60 heavy (non-hydrogen) atoms. The molecule has 0 aliphatic rings. The fourth-order valence-electron chi connectivity index (χ4n) is 5.44. The van der Waals surface area contributed by atoms with E-state index in [9.17, 15) is 44.3 Å². The SMILES string of the molecule is CCOC(=O)CS(=O)(=O)Cc1nc2ccccn2c1C#Cc1cccc(C(F)(F)F)c1.CCOC(=O)CSCc1nc2ccccn2c1C#Cc1cccc(C(F)(F)F)c1. The van der Waals surface area contributed by atoms with Gasteiger partial charge in [-0.1, -0.05) is 36.1 Å². The van der Waals surface area contributed by atoms with Crippen molar-refractivity contribution < 1.29 is 53.8 Å². The van der Waals surface area contributed by atoms with Gasteiger partial charge in [0.1, 0.15) is 28.4 Å². The third-order valence-electron chi connectivity index (χ3n) is 8.00. The Morgan fingerprint density at radius 1 is 0.667 bits per heavy atom. The van der Waals surface area contributed by atoms with Crippen LogP contribution in [0.3, 0.4) is 0 Å². The number of alkyl halides is 6. The molecule has 0 radical (unpaired) electrons. The molecule has 2 aromatic carbocycles. The number of carbonyl (C=O) groups excluding carboxylic acids is 2. The van der Waals surface area contributed by atoms with Crippen LogP contribution in [0.15, 0.2) is 97.3 Å². The first-order valence-corrected chi connectivity index (χ1v) is 20.8. The van der Waals surface area contributed by atoms with Gasteiger partial charge in [-0.2, -0.15) is 26.3 Å². The quantitative estimate of drug-likeness (QED) is 0.0773. The number of carbonyl (C=O) groups is 2. The van der Waals surface area contributed by atoms with Crippen LogP contribution in [-0.4, -0.2) is 63.8 Å². The summed E-state index contributed by atoms with van der Waals surface area (Å²) < 4.78 is 115. The zero-order valence-electron chi connectivity index (χ0n) is 31.8. The van der Waals surface area contributed by atoms with E-state index in [1.807, 2.05) is 18.2 Å². The molecule has 10 nitrogen and oxygen atoms in total. The molecule has 4 aromatic heterocycles. The molecule has 0 aliphatic carbocycles. The molecule has 0 bridgehead atoms. The normalized spacial score (nSPS) is 11.5. The van der Waals surface area contributed by atoms with Crippen molar-refractivity contribution in [2.24, 2.45) is 0 Å². The Hall–Kier alpha value is -6.24. The Morgan fingerprint density at radius 2 is 1.15 bits per heavy atom. The van der Waals surface area contributed by atoms with Crippen molar-refractivity contribution in [1.82, 2.24) is 18.8 Å². The second-order valence-electron chi connectivity index (χ2n) is 12.5. The third kappa shape index (κ3) is 12.4. The maximum atomic E-state index is 12.9. The Morgan fingerprint density at radius 3 is 1.65 bits per heavy atom. The summed E-state index contributed by atoms with van der Waals surface area (Å²) in [4.78, 5) is 31.9. The third-order valence-corrected chi connectivity index (χ3v) is 10.3. The molecule has 0 aliphatic heterocycles. The van der Waals surface area contributed by atoms with Crippen LogP contribution in [0.5, 0.6) is 0 Å². The molecule has 0 fully saturated rings.